The van der Waals surface area contributed by atoms with Crippen LogP contribution in [-0.2, 0) is 5.41 Å². The van der Waals surface area contributed by atoms with Crippen LogP contribution in [-0.4, -0.2) is 9.97 Å². The second-order valence-electron chi connectivity index (χ2n) is 13.9. The summed E-state index contributed by atoms with van der Waals surface area (Å²) in [5.41, 5.74) is 9.18. The third-order valence-electron chi connectivity index (χ3n) is 10.5. The van der Waals surface area contributed by atoms with E-state index in [4.69, 9.17) is 16.8 Å². The standard InChI is InChI=1S/C49H34N2/c1-49(2)44-19-11-10-18-40(44)42-29-43(39-25-24-37(28-41(39)47(42)49)36-22-20-31-12-6-8-16-34(31)26-36)48-50-45(33-14-4-3-5-15-33)30-46(51-48)38-23-21-32-13-7-9-17-35(32)27-38/h3-30H,1-2H3/i3D,4D,5D,14D,15D. The molecular formula is C49H34N2. The van der Waals surface area contributed by atoms with E-state index in [1.165, 1.54) is 21.9 Å². The van der Waals surface area contributed by atoms with Crippen molar-refractivity contribution in [3.05, 3.63) is 181 Å². The molecule has 0 bridgehead atoms. The molecule has 0 saturated heterocycles. The Bertz CT molecular complexity index is 3100. The molecular weight excluding hydrogens is 617 g/mol. The monoisotopic (exact) mass is 655 g/mol. The molecule has 0 aliphatic heterocycles. The van der Waals surface area contributed by atoms with Crippen molar-refractivity contribution in [3.8, 4) is 56.2 Å². The highest BCUT2D eigenvalue weighted by atomic mass is 14.9. The smallest absolute Gasteiger partial charge is 0.161 e. The summed E-state index contributed by atoms with van der Waals surface area (Å²) in [6.07, 6.45) is 0. The Morgan fingerprint density at radius 1 is 0.451 bits per heavy atom. The van der Waals surface area contributed by atoms with Crippen LogP contribution in [0.15, 0.2) is 170 Å². The largest absolute Gasteiger partial charge is 0.228 e. The zero-order valence-electron chi connectivity index (χ0n) is 33.2. The van der Waals surface area contributed by atoms with Crippen LogP contribution in [0.1, 0.15) is 31.8 Å². The predicted molar refractivity (Wildman–Crippen MR) is 214 cm³/mol. The Kier molecular flexibility index (Phi) is 5.49. The molecule has 0 amide bonds. The molecule has 240 valence electrons. The van der Waals surface area contributed by atoms with Crippen LogP contribution in [0.5, 0.6) is 0 Å². The van der Waals surface area contributed by atoms with Crippen molar-refractivity contribution in [2.24, 2.45) is 0 Å². The molecule has 0 saturated carbocycles. The van der Waals surface area contributed by atoms with Crippen LogP contribution in [0.4, 0.5) is 0 Å². The molecule has 9 aromatic rings. The summed E-state index contributed by atoms with van der Waals surface area (Å²) in [7, 11) is 0. The summed E-state index contributed by atoms with van der Waals surface area (Å²) in [6, 6.07) is 46.4. The molecule has 0 fully saturated rings. The minimum Gasteiger partial charge on any atom is -0.228 e. The lowest BCUT2D eigenvalue weighted by molar-refractivity contribution is 0.666. The number of hydrogen-bond donors (Lipinski definition) is 0. The maximum atomic E-state index is 8.91. The first-order valence-corrected chi connectivity index (χ1v) is 17.2. The van der Waals surface area contributed by atoms with Crippen LogP contribution in [0, 0.1) is 0 Å². The number of aromatic nitrogens is 2. The molecule has 1 aliphatic rings. The van der Waals surface area contributed by atoms with E-state index < -0.39 is 18.1 Å². The summed E-state index contributed by atoms with van der Waals surface area (Å²) < 4.78 is 43.1. The molecule has 8 aromatic carbocycles. The summed E-state index contributed by atoms with van der Waals surface area (Å²) in [5, 5.41) is 6.55. The van der Waals surface area contributed by atoms with Gasteiger partial charge in [0, 0.05) is 22.1 Å². The van der Waals surface area contributed by atoms with Crippen molar-refractivity contribution in [3.63, 3.8) is 0 Å². The lowest BCUT2D eigenvalue weighted by Gasteiger charge is -2.24. The average Bonchev–Trinajstić information content (AvgIpc) is 3.47. The van der Waals surface area contributed by atoms with Gasteiger partial charge in [-0.2, -0.15) is 0 Å². The van der Waals surface area contributed by atoms with Crippen molar-refractivity contribution in [1.29, 1.82) is 0 Å². The zero-order valence-corrected chi connectivity index (χ0v) is 28.2. The fourth-order valence-corrected chi connectivity index (χ4v) is 8.01. The van der Waals surface area contributed by atoms with Gasteiger partial charge in [0.25, 0.3) is 0 Å². The van der Waals surface area contributed by atoms with E-state index >= 15 is 0 Å². The molecule has 1 aromatic heterocycles. The first-order valence-electron chi connectivity index (χ1n) is 19.7. The second-order valence-corrected chi connectivity index (χ2v) is 13.9. The van der Waals surface area contributed by atoms with E-state index in [0.717, 1.165) is 54.9 Å². The van der Waals surface area contributed by atoms with Crippen LogP contribution in [0.25, 0.3) is 88.5 Å². The summed E-state index contributed by atoms with van der Waals surface area (Å²) in [5.74, 6) is 0.408. The van der Waals surface area contributed by atoms with Crippen molar-refractivity contribution < 1.29 is 6.85 Å². The zero-order chi connectivity index (χ0) is 38.5. The van der Waals surface area contributed by atoms with E-state index in [1.807, 2.05) is 18.2 Å². The first-order chi connectivity index (χ1) is 27.1. The molecule has 0 atom stereocenters. The van der Waals surface area contributed by atoms with Crippen molar-refractivity contribution in [2.75, 3.05) is 0 Å². The van der Waals surface area contributed by atoms with E-state index in [-0.39, 0.29) is 28.8 Å². The summed E-state index contributed by atoms with van der Waals surface area (Å²) in [6.45, 7) is 4.57. The molecule has 1 heterocycles. The van der Waals surface area contributed by atoms with Gasteiger partial charge in [-0.1, -0.05) is 153 Å². The van der Waals surface area contributed by atoms with Gasteiger partial charge in [-0.3, -0.25) is 0 Å². The Labute approximate surface area is 304 Å². The SMILES string of the molecule is [2H]c1c([2H])c([2H])c(-c2cc(-c3ccc4ccccc4c3)nc(-c3cc4c(c5cc(-c6ccc7ccccc7c6)ccc35)C(C)(C)c3ccccc3-4)n2)c([2H])c1[2H]. The predicted octanol–water partition coefficient (Wildman–Crippen LogP) is 12.9. The van der Waals surface area contributed by atoms with Crippen LogP contribution < -0.4 is 0 Å². The van der Waals surface area contributed by atoms with Crippen molar-refractivity contribution in [2.45, 2.75) is 19.3 Å². The number of fused-ring (bicyclic) bond motifs is 7. The minimum absolute atomic E-state index is 0.0391. The molecule has 0 unspecified atom stereocenters. The lowest BCUT2D eigenvalue weighted by Crippen LogP contribution is -2.15. The summed E-state index contributed by atoms with van der Waals surface area (Å²) in [4.78, 5) is 10.3. The number of rotatable bonds is 4. The average molecular weight is 656 g/mol. The maximum Gasteiger partial charge on any atom is 0.161 e. The van der Waals surface area contributed by atoms with Gasteiger partial charge in [0.05, 0.1) is 18.2 Å². The molecule has 0 radical (unpaired) electrons. The molecule has 2 nitrogen and oxygen atoms in total. The van der Waals surface area contributed by atoms with Crippen LogP contribution >= 0.6 is 0 Å². The highest BCUT2D eigenvalue weighted by Crippen LogP contribution is 2.53. The Hall–Kier alpha value is -6.38. The molecule has 1 aliphatic carbocycles. The normalized spacial score (nSPS) is 14.4. The minimum atomic E-state index is -0.444. The molecule has 10 rings (SSSR count). The van der Waals surface area contributed by atoms with Gasteiger partial charge in [-0.15, -0.1) is 0 Å². The van der Waals surface area contributed by atoms with Crippen LogP contribution in [0.2, 0.25) is 0 Å². The summed E-state index contributed by atoms with van der Waals surface area (Å²) >= 11 is 0. The lowest BCUT2D eigenvalue weighted by atomic mass is 9.79. The molecule has 0 N–H and O–H groups in total. The Morgan fingerprint density at radius 3 is 1.78 bits per heavy atom. The molecule has 51 heavy (non-hydrogen) atoms. The van der Waals surface area contributed by atoms with Gasteiger partial charge in [0.2, 0.25) is 0 Å². The van der Waals surface area contributed by atoms with Crippen molar-refractivity contribution >= 4 is 32.3 Å². The molecule has 2 heteroatoms. The fraction of sp³-hybridized carbons (Fsp3) is 0.0612. The van der Waals surface area contributed by atoms with Gasteiger partial charge in [-0.25, -0.2) is 9.97 Å². The third-order valence-corrected chi connectivity index (χ3v) is 10.5. The van der Waals surface area contributed by atoms with Crippen LogP contribution in [0.3, 0.4) is 0 Å². The number of hydrogen-bond acceptors (Lipinski definition) is 2. The number of benzene rings is 8. The van der Waals surface area contributed by atoms with Gasteiger partial charge in [0.1, 0.15) is 0 Å². The van der Waals surface area contributed by atoms with Gasteiger partial charge < -0.3 is 0 Å². The Balaban J connectivity index is 1.28. The van der Waals surface area contributed by atoms with Gasteiger partial charge in [-0.05, 0) is 96.0 Å². The van der Waals surface area contributed by atoms with Crippen molar-refractivity contribution in [1.82, 2.24) is 9.97 Å². The van der Waals surface area contributed by atoms with E-state index in [0.29, 0.717) is 11.5 Å². The van der Waals surface area contributed by atoms with E-state index in [2.05, 4.69) is 129 Å². The van der Waals surface area contributed by atoms with Gasteiger partial charge >= 0.3 is 0 Å². The third kappa shape index (κ3) is 4.79. The highest BCUT2D eigenvalue weighted by Gasteiger charge is 2.37. The Morgan fingerprint density at radius 2 is 1.04 bits per heavy atom. The van der Waals surface area contributed by atoms with Gasteiger partial charge in [0.15, 0.2) is 5.82 Å². The second kappa shape index (κ2) is 11.3. The maximum absolute atomic E-state index is 8.91. The van der Waals surface area contributed by atoms with E-state index in [9.17, 15) is 0 Å². The number of nitrogens with zero attached hydrogens (tertiary/aromatic N) is 2. The highest BCUT2D eigenvalue weighted by molar-refractivity contribution is 6.07. The molecule has 0 spiro atoms. The topological polar surface area (TPSA) is 25.8 Å². The quantitative estimate of drug-likeness (QED) is 0.189. The van der Waals surface area contributed by atoms with E-state index in [1.54, 1.807) is 6.07 Å². The first kappa shape index (κ1) is 24.7. The fourth-order valence-electron chi connectivity index (χ4n) is 8.01.